The van der Waals surface area contributed by atoms with Crippen LogP contribution in [0, 0.1) is 0 Å². The second-order valence-corrected chi connectivity index (χ2v) is 18.5. The predicted molar refractivity (Wildman–Crippen MR) is 284 cm³/mol. The van der Waals surface area contributed by atoms with Crippen LogP contribution in [0.5, 0.6) is 0 Å². The highest BCUT2D eigenvalue weighted by Gasteiger charge is 2.33. The van der Waals surface area contributed by atoms with E-state index < -0.39 is 89.6 Å². The Morgan fingerprint density at radius 3 is 2.12 bits per heavy atom. The summed E-state index contributed by atoms with van der Waals surface area (Å²) in [4.78, 5) is 129. The first-order valence-electron chi connectivity index (χ1n) is 25.2. The first kappa shape index (κ1) is 58.3. The quantitative estimate of drug-likeness (QED) is 0.0270. The van der Waals surface area contributed by atoms with E-state index in [9.17, 15) is 38.4 Å². The maximum absolute atomic E-state index is 14.7. The van der Waals surface area contributed by atoms with Crippen molar-refractivity contribution >= 4 is 70.1 Å². The lowest BCUT2D eigenvalue weighted by atomic mass is 10.0. The highest BCUT2D eigenvalue weighted by Crippen LogP contribution is 2.20. The Labute approximate surface area is 439 Å². The van der Waals surface area contributed by atoms with Crippen LogP contribution in [0.4, 0.5) is 0 Å². The van der Waals surface area contributed by atoms with Crippen LogP contribution in [-0.4, -0.2) is 143 Å². The van der Waals surface area contributed by atoms with Crippen molar-refractivity contribution in [2.75, 3.05) is 26.2 Å². The van der Waals surface area contributed by atoms with Gasteiger partial charge in [-0.05, 0) is 68.6 Å². The number of hydrogen-bond donors (Lipinski definition) is 15. The molecule has 3 heterocycles. The molecule has 5 rings (SSSR count). The third-order valence-electron chi connectivity index (χ3n) is 12.5. The molecule has 1 fully saturated rings. The van der Waals surface area contributed by atoms with Crippen LogP contribution < -0.4 is 71.2 Å². The van der Waals surface area contributed by atoms with Crippen molar-refractivity contribution in [3.63, 3.8) is 0 Å². The molecule has 26 heteroatoms. The summed E-state index contributed by atoms with van der Waals surface area (Å²) in [6.07, 6.45) is 5.37. The van der Waals surface area contributed by atoms with Crippen LogP contribution in [0.15, 0.2) is 83.3 Å². The minimum atomic E-state index is -1.37. The number of guanidine groups is 2. The molecule has 4 aromatic rings. The molecule has 20 N–H and O–H groups in total. The molecule has 0 saturated carbocycles. The van der Waals surface area contributed by atoms with E-state index in [2.05, 4.69) is 67.5 Å². The monoisotopic (exact) mass is 1050 g/mol. The normalized spacial score (nSPS) is 21.0. The highest BCUT2D eigenvalue weighted by molar-refractivity contribution is 5.95. The van der Waals surface area contributed by atoms with Gasteiger partial charge >= 0.3 is 0 Å². The van der Waals surface area contributed by atoms with Crippen LogP contribution in [0.1, 0.15) is 75.1 Å². The van der Waals surface area contributed by atoms with Gasteiger partial charge in [0.15, 0.2) is 11.9 Å². The number of amides is 8. The van der Waals surface area contributed by atoms with Gasteiger partial charge in [-0.15, -0.1) is 0 Å². The second-order valence-electron chi connectivity index (χ2n) is 18.5. The molecule has 0 aliphatic carbocycles. The van der Waals surface area contributed by atoms with Crippen LogP contribution in [0.3, 0.4) is 0 Å². The molecule has 7 unspecified atom stereocenters. The number of nitrogens with one attached hydrogen (secondary N) is 10. The number of fused-ring (bicyclic) bond motifs is 1. The first-order chi connectivity index (χ1) is 36.4. The lowest BCUT2D eigenvalue weighted by Crippen LogP contribution is -2.59. The van der Waals surface area contributed by atoms with Crippen molar-refractivity contribution in [1.29, 1.82) is 0 Å². The number of nitrogens with two attached hydrogens (primary N) is 5. The molecule has 1 saturated heterocycles. The summed E-state index contributed by atoms with van der Waals surface area (Å²) in [7, 11) is 0. The van der Waals surface area contributed by atoms with E-state index in [1.165, 1.54) is 19.4 Å². The Balaban J connectivity index is 1.52. The fourth-order valence-electron chi connectivity index (χ4n) is 8.62. The van der Waals surface area contributed by atoms with Gasteiger partial charge < -0.3 is 81.2 Å². The lowest BCUT2D eigenvalue weighted by Gasteiger charge is -2.28. The van der Waals surface area contributed by atoms with Crippen molar-refractivity contribution in [1.82, 2.24) is 57.5 Å². The minimum Gasteiger partial charge on any atom is -0.370 e. The molecule has 26 nitrogen and oxygen atoms in total. The van der Waals surface area contributed by atoms with Gasteiger partial charge in [-0.25, -0.2) is 4.98 Å². The van der Waals surface area contributed by atoms with Gasteiger partial charge in [-0.3, -0.25) is 48.3 Å². The van der Waals surface area contributed by atoms with Crippen molar-refractivity contribution in [2.45, 2.75) is 120 Å². The van der Waals surface area contributed by atoms with Gasteiger partial charge in [-0.2, -0.15) is 0 Å². The Kier molecular flexibility index (Phi) is 23.0. The highest BCUT2D eigenvalue weighted by atomic mass is 16.2. The van der Waals surface area contributed by atoms with E-state index >= 15 is 0 Å². The zero-order chi connectivity index (χ0) is 55.0. The molecule has 8 amide bonds. The summed E-state index contributed by atoms with van der Waals surface area (Å²) >= 11 is 0. The molecule has 0 bridgehead atoms. The number of aromatic amines is 2. The molecule has 1 aliphatic heterocycles. The molecule has 1 aliphatic rings. The first-order valence-corrected chi connectivity index (χ1v) is 25.2. The van der Waals surface area contributed by atoms with Crippen LogP contribution in [-0.2, 0) is 57.6 Å². The van der Waals surface area contributed by atoms with Gasteiger partial charge in [0.1, 0.15) is 30.2 Å². The minimum absolute atomic E-state index is 0.00109. The van der Waals surface area contributed by atoms with Crippen LogP contribution in [0.25, 0.3) is 10.9 Å². The number of benzene rings is 2. The number of aliphatic imine (C=N–C) groups is 2. The van der Waals surface area contributed by atoms with Gasteiger partial charge in [0.05, 0.1) is 12.4 Å². The summed E-state index contributed by atoms with van der Waals surface area (Å²) in [5.41, 5.74) is 30.8. The van der Waals surface area contributed by atoms with Crippen molar-refractivity contribution in [3.8, 4) is 0 Å². The maximum Gasteiger partial charge on any atom is 0.243 e. The zero-order valence-corrected chi connectivity index (χ0v) is 42.6. The molecule has 2 aromatic heterocycles. The van der Waals surface area contributed by atoms with Gasteiger partial charge in [0.25, 0.3) is 0 Å². The van der Waals surface area contributed by atoms with Crippen LogP contribution in [0.2, 0.25) is 0 Å². The van der Waals surface area contributed by atoms with E-state index in [-0.39, 0.29) is 102 Å². The number of aromatic nitrogens is 3. The summed E-state index contributed by atoms with van der Waals surface area (Å²) in [5, 5.41) is 23.6. The third kappa shape index (κ3) is 19.7. The fourth-order valence-corrected chi connectivity index (χ4v) is 8.62. The molecule has 0 spiro atoms. The molecule has 7 atom stereocenters. The summed E-state index contributed by atoms with van der Waals surface area (Å²) in [6.45, 7) is 1.39. The average molecular weight is 1050 g/mol. The number of hydrogen-bond acceptors (Lipinski definition) is 12. The number of primary amides is 1. The van der Waals surface area contributed by atoms with E-state index in [0.29, 0.717) is 17.7 Å². The number of nitrogens with zero attached hydrogens (tertiary/aromatic N) is 3. The van der Waals surface area contributed by atoms with Crippen molar-refractivity contribution < 1.29 is 38.4 Å². The van der Waals surface area contributed by atoms with E-state index in [0.717, 1.165) is 16.5 Å². The van der Waals surface area contributed by atoms with E-state index in [4.69, 9.17) is 28.7 Å². The van der Waals surface area contributed by atoms with Crippen molar-refractivity contribution in [3.05, 3.63) is 90.1 Å². The third-order valence-corrected chi connectivity index (χ3v) is 12.5. The van der Waals surface area contributed by atoms with E-state index in [1.54, 1.807) is 6.20 Å². The van der Waals surface area contributed by atoms with Crippen LogP contribution >= 0.6 is 0 Å². The standard InChI is InChI=1S/C50H72N18O8/c1-29(69)63-38(16-9-20-59-50(54)55)45(73)66-39-18-21-57-42(70)17-7-14-36(43(51)71)65-48(76)40(23-31-25-60-35-13-6-5-12-34(31)35)67-44(72)37(15-8-19-58-49(52)53)61-27-33(22-30-10-3-2-4-11-30)64-47(75)41(68-46(39)74)24-32-26-56-28-62-32/h2-6,10-13,25-26,28,33,36-41,60-61H,7-9,14-24,27H2,1H3,(H2,51,71)(H,56,62)(H,57,70)(H,63,69)(H,64,75)(H,65,76)(H,66,73)(H,67,72)(H,68,74)(H4,52,53,58)(H4,54,55,59). The average Bonchev–Trinajstić information content (AvgIpc) is 4.05. The number of carbonyl (C=O) groups is 8. The Bertz CT molecular complexity index is 2630. The van der Waals surface area contributed by atoms with Gasteiger partial charge in [0.2, 0.25) is 47.3 Å². The SMILES string of the molecule is CC(=O)NC(CCCN=C(N)N)C(=O)NC1CCNC(=O)CCCC(C(N)=O)NC(=O)C(Cc2c[nH]c3ccccc23)NC(=O)C(CCCN=C(N)N)NCC(Cc2ccccc2)NC(=O)C(Cc2cnc[nH]2)NC1=O. The molecule has 0 radical (unpaired) electrons. The zero-order valence-electron chi connectivity index (χ0n) is 42.6. The van der Waals surface area contributed by atoms with Gasteiger partial charge in [0, 0.05) is 87.4 Å². The predicted octanol–water partition coefficient (Wildman–Crippen LogP) is -2.91. The maximum atomic E-state index is 14.7. The smallest absolute Gasteiger partial charge is 0.243 e. The molecule has 410 valence electrons. The largest absolute Gasteiger partial charge is 0.370 e. The Morgan fingerprint density at radius 1 is 0.750 bits per heavy atom. The van der Waals surface area contributed by atoms with Gasteiger partial charge in [-0.1, -0.05) is 48.5 Å². The summed E-state index contributed by atoms with van der Waals surface area (Å²) < 4.78 is 0. The molecular weight excluding hydrogens is 981 g/mol. The number of carbonyl (C=O) groups excluding carboxylic acids is 8. The Morgan fingerprint density at radius 2 is 1.42 bits per heavy atom. The topological polar surface area (TPSA) is 432 Å². The Hall–Kier alpha value is -8.55. The molecule has 2 aromatic carbocycles. The fraction of sp³-hybridized carbons (Fsp3) is 0.460. The number of para-hydroxylation sites is 1. The number of rotatable bonds is 18. The molecule has 76 heavy (non-hydrogen) atoms. The summed E-state index contributed by atoms with van der Waals surface area (Å²) in [5.74, 6) is -5.62. The summed E-state index contributed by atoms with van der Waals surface area (Å²) in [6, 6.07) is 8.69. The van der Waals surface area contributed by atoms with E-state index in [1.807, 2.05) is 54.6 Å². The number of imidazole rings is 1. The van der Waals surface area contributed by atoms with Crippen molar-refractivity contribution in [2.24, 2.45) is 38.7 Å². The number of H-pyrrole nitrogens is 2. The second kappa shape index (κ2) is 30.0. The molecular formula is C50H72N18O8. The lowest BCUT2D eigenvalue weighted by molar-refractivity contribution is -0.134.